The molecule has 0 aromatic rings. The highest BCUT2D eigenvalue weighted by atomic mass is 16.5. The number of carbonyl (C=O) groups is 2. The van der Waals surface area contributed by atoms with Gasteiger partial charge in [-0.1, -0.05) is 32.6 Å². The van der Waals surface area contributed by atoms with Crippen molar-refractivity contribution in [1.29, 1.82) is 0 Å². The molecule has 2 fully saturated rings. The molecule has 0 aromatic heterocycles. The van der Waals surface area contributed by atoms with Crippen LogP contribution in [0.1, 0.15) is 84.0 Å². The molecule has 144 valence electrons. The summed E-state index contributed by atoms with van der Waals surface area (Å²) in [6.07, 6.45) is 13.1. The van der Waals surface area contributed by atoms with Gasteiger partial charge in [0.25, 0.3) is 0 Å². The van der Waals surface area contributed by atoms with Gasteiger partial charge < -0.3 is 9.47 Å². The second-order valence-corrected chi connectivity index (χ2v) is 8.41. The van der Waals surface area contributed by atoms with E-state index in [4.69, 9.17) is 9.47 Å². The van der Waals surface area contributed by atoms with E-state index in [1.54, 1.807) is 0 Å². The van der Waals surface area contributed by atoms with Gasteiger partial charge in [-0.25, -0.2) is 0 Å². The molecule has 0 aliphatic heterocycles. The predicted octanol–water partition coefficient (Wildman–Crippen LogP) is 4.90. The highest BCUT2D eigenvalue weighted by molar-refractivity contribution is 5.74. The maximum atomic E-state index is 11.9. The van der Waals surface area contributed by atoms with Gasteiger partial charge in [-0.15, -0.1) is 0 Å². The molecule has 0 atom stereocenters. The van der Waals surface area contributed by atoms with Gasteiger partial charge in [-0.2, -0.15) is 0 Å². The van der Waals surface area contributed by atoms with E-state index < -0.39 is 0 Å². The molecule has 0 unspecified atom stereocenters. The summed E-state index contributed by atoms with van der Waals surface area (Å²) in [5, 5.41) is 0. The lowest BCUT2D eigenvalue weighted by atomic mass is 9.62. The predicted molar refractivity (Wildman–Crippen MR) is 98.0 cm³/mol. The molecular formula is C21H36O4. The summed E-state index contributed by atoms with van der Waals surface area (Å²) in [5.74, 6) is 2.15. The first-order valence-electron chi connectivity index (χ1n) is 10.2. The minimum absolute atomic E-state index is 0.206. The lowest BCUT2D eigenvalue weighted by Gasteiger charge is -2.43. The molecule has 0 saturated heterocycles. The summed E-state index contributed by atoms with van der Waals surface area (Å²) < 4.78 is 9.76. The summed E-state index contributed by atoms with van der Waals surface area (Å²) in [6.45, 7) is 2.29. The Kier molecular flexibility index (Phi) is 7.77. The van der Waals surface area contributed by atoms with Crippen LogP contribution in [0.4, 0.5) is 0 Å². The number of methoxy groups -OCH3 is 2. The molecule has 2 aliphatic rings. The fourth-order valence-electron chi connectivity index (χ4n) is 5.25. The third-order valence-electron chi connectivity index (χ3n) is 6.84. The monoisotopic (exact) mass is 352 g/mol. The van der Waals surface area contributed by atoms with Crippen molar-refractivity contribution in [1.82, 2.24) is 0 Å². The molecule has 0 spiro atoms. The Balaban J connectivity index is 1.90. The molecule has 2 saturated carbocycles. The van der Waals surface area contributed by atoms with Crippen LogP contribution in [-0.4, -0.2) is 26.2 Å². The minimum Gasteiger partial charge on any atom is -0.469 e. The van der Waals surface area contributed by atoms with E-state index in [1.807, 2.05) is 0 Å². The van der Waals surface area contributed by atoms with E-state index in [2.05, 4.69) is 6.92 Å². The Bertz CT molecular complexity index is 409. The molecule has 4 nitrogen and oxygen atoms in total. The molecule has 0 bridgehead atoms. The van der Waals surface area contributed by atoms with Crippen LogP contribution >= 0.6 is 0 Å². The summed E-state index contributed by atoms with van der Waals surface area (Å²) in [6, 6.07) is 0. The van der Waals surface area contributed by atoms with Crippen LogP contribution in [-0.2, 0) is 19.1 Å². The normalized spacial score (nSPS) is 26.8. The van der Waals surface area contributed by atoms with Crippen LogP contribution in [0.2, 0.25) is 0 Å². The Morgan fingerprint density at radius 2 is 1.32 bits per heavy atom. The van der Waals surface area contributed by atoms with Crippen LogP contribution in [0.5, 0.6) is 0 Å². The second kappa shape index (κ2) is 9.59. The standard InChI is InChI=1S/C21H36O4/c1-4-5-16-6-8-17(9-7-16)18-10-12-21(13-11-18,14-19(22)24-2)15-20(23)25-3/h16-18H,4-15H2,1-3H3. The number of hydrogen-bond donors (Lipinski definition) is 0. The Hall–Kier alpha value is -1.06. The van der Waals surface area contributed by atoms with Crippen molar-refractivity contribution in [2.75, 3.05) is 14.2 Å². The molecule has 4 heteroatoms. The first-order chi connectivity index (χ1) is 12.0. The minimum atomic E-state index is -0.254. The van der Waals surface area contributed by atoms with Crippen LogP contribution in [0.3, 0.4) is 0 Å². The van der Waals surface area contributed by atoms with Gasteiger partial charge in [-0.3, -0.25) is 9.59 Å². The third kappa shape index (κ3) is 5.72. The van der Waals surface area contributed by atoms with Crippen molar-refractivity contribution in [2.45, 2.75) is 84.0 Å². The van der Waals surface area contributed by atoms with E-state index in [0.717, 1.165) is 43.4 Å². The zero-order valence-electron chi connectivity index (χ0n) is 16.4. The number of rotatable bonds is 7. The number of ether oxygens (including phenoxy) is 2. The molecule has 2 aliphatic carbocycles. The number of hydrogen-bond acceptors (Lipinski definition) is 4. The Morgan fingerprint density at radius 3 is 1.76 bits per heavy atom. The van der Waals surface area contributed by atoms with Crippen LogP contribution in [0, 0.1) is 23.2 Å². The highest BCUT2D eigenvalue weighted by Gasteiger charge is 2.41. The van der Waals surface area contributed by atoms with Gasteiger partial charge in [0.2, 0.25) is 0 Å². The SMILES string of the molecule is CCCC1CCC(C2CCC(CC(=O)OC)(CC(=O)OC)CC2)CC1. The van der Waals surface area contributed by atoms with Gasteiger partial charge in [0.1, 0.15) is 0 Å². The third-order valence-corrected chi connectivity index (χ3v) is 6.84. The van der Waals surface area contributed by atoms with Crippen molar-refractivity contribution in [3.63, 3.8) is 0 Å². The quantitative estimate of drug-likeness (QED) is 0.612. The lowest BCUT2D eigenvalue weighted by Crippen LogP contribution is -2.35. The largest absolute Gasteiger partial charge is 0.469 e. The Labute approximate surface area is 153 Å². The van der Waals surface area contributed by atoms with E-state index in [-0.39, 0.29) is 17.4 Å². The van der Waals surface area contributed by atoms with Gasteiger partial charge in [-0.05, 0) is 61.7 Å². The van der Waals surface area contributed by atoms with Crippen molar-refractivity contribution in [3.8, 4) is 0 Å². The van der Waals surface area contributed by atoms with Crippen molar-refractivity contribution in [3.05, 3.63) is 0 Å². The zero-order valence-corrected chi connectivity index (χ0v) is 16.4. The summed E-state index contributed by atoms with van der Waals surface area (Å²) in [4.78, 5) is 23.7. The van der Waals surface area contributed by atoms with Gasteiger partial charge >= 0.3 is 11.9 Å². The van der Waals surface area contributed by atoms with Gasteiger partial charge in [0, 0.05) is 0 Å². The summed E-state index contributed by atoms with van der Waals surface area (Å²) in [7, 11) is 2.85. The van der Waals surface area contributed by atoms with Crippen LogP contribution in [0.25, 0.3) is 0 Å². The summed E-state index contributed by atoms with van der Waals surface area (Å²) >= 11 is 0. The fourth-order valence-corrected chi connectivity index (χ4v) is 5.25. The molecule has 0 N–H and O–H groups in total. The molecule has 2 rings (SSSR count). The van der Waals surface area contributed by atoms with Crippen molar-refractivity contribution < 1.29 is 19.1 Å². The van der Waals surface area contributed by atoms with Gasteiger partial charge in [0.15, 0.2) is 0 Å². The zero-order chi connectivity index (χ0) is 18.3. The Morgan fingerprint density at radius 1 is 0.840 bits per heavy atom. The highest BCUT2D eigenvalue weighted by Crippen LogP contribution is 2.49. The smallest absolute Gasteiger partial charge is 0.306 e. The van der Waals surface area contributed by atoms with Crippen LogP contribution < -0.4 is 0 Å². The molecule has 0 amide bonds. The van der Waals surface area contributed by atoms with Crippen molar-refractivity contribution >= 4 is 11.9 Å². The molecular weight excluding hydrogens is 316 g/mol. The topological polar surface area (TPSA) is 52.6 Å². The van der Waals surface area contributed by atoms with E-state index >= 15 is 0 Å². The maximum absolute atomic E-state index is 11.9. The van der Waals surface area contributed by atoms with E-state index in [9.17, 15) is 9.59 Å². The molecule has 0 aromatic carbocycles. The molecule has 25 heavy (non-hydrogen) atoms. The van der Waals surface area contributed by atoms with Crippen LogP contribution in [0.15, 0.2) is 0 Å². The average Bonchev–Trinajstić information content (AvgIpc) is 2.63. The van der Waals surface area contributed by atoms with E-state index in [1.165, 1.54) is 52.7 Å². The molecule has 0 radical (unpaired) electrons. The lowest BCUT2D eigenvalue weighted by molar-refractivity contribution is -0.149. The first kappa shape index (κ1) is 20.3. The molecule has 0 heterocycles. The van der Waals surface area contributed by atoms with Gasteiger partial charge in [0.05, 0.1) is 27.1 Å². The van der Waals surface area contributed by atoms with Crippen molar-refractivity contribution in [2.24, 2.45) is 23.2 Å². The first-order valence-corrected chi connectivity index (χ1v) is 10.2. The second-order valence-electron chi connectivity index (χ2n) is 8.41. The summed E-state index contributed by atoms with van der Waals surface area (Å²) in [5.41, 5.74) is -0.254. The number of carbonyl (C=O) groups excluding carboxylic acids is 2. The van der Waals surface area contributed by atoms with E-state index in [0.29, 0.717) is 12.8 Å². The number of esters is 2. The maximum Gasteiger partial charge on any atom is 0.306 e. The average molecular weight is 353 g/mol. The fraction of sp³-hybridized carbons (Fsp3) is 0.905.